The van der Waals surface area contributed by atoms with Crippen LogP contribution in [0.25, 0.3) is 0 Å². The van der Waals surface area contributed by atoms with E-state index in [1.54, 1.807) is 0 Å². The maximum Gasteiger partial charge on any atom is 0.306 e. The van der Waals surface area contributed by atoms with Crippen LogP contribution in [-0.4, -0.2) is 37.2 Å². The van der Waals surface area contributed by atoms with Gasteiger partial charge in [0.1, 0.15) is 13.2 Å². The maximum atomic E-state index is 12.5. The summed E-state index contributed by atoms with van der Waals surface area (Å²) in [6.45, 7) is 8.90. The predicted molar refractivity (Wildman–Crippen MR) is 196 cm³/mol. The van der Waals surface area contributed by atoms with E-state index >= 15 is 0 Å². The van der Waals surface area contributed by atoms with Gasteiger partial charge in [-0.15, -0.1) is 0 Å². The number of unbranched alkanes of at least 4 members (excludes halogenated alkanes) is 22. The Hall–Kier alpha value is -1.59. The second-order valence-electron chi connectivity index (χ2n) is 14.2. The fraction of sp³-hybridized carbons (Fsp3) is 0.927. The van der Waals surface area contributed by atoms with Crippen molar-refractivity contribution >= 4 is 17.9 Å². The first kappa shape index (κ1) is 45.4. The molecule has 0 heterocycles. The number of ether oxygens (including phenoxy) is 3. The average molecular weight is 667 g/mol. The van der Waals surface area contributed by atoms with Crippen molar-refractivity contribution in [3.05, 3.63) is 0 Å². The lowest BCUT2D eigenvalue weighted by molar-refractivity contribution is -0.167. The van der Waals surface area contributed by atoms with E-state index in [9.17, 15) is 14.4 Å². The molecule has 0 rings (SSSR count). The van der Waals surface area contributed by atoms with Crippen LogP contribution in [0.3, 0.4) is 0 Å². The van der Waals surface area contributed by atoms with E-state index in [1.807, 2.05) is 0 Å². The van der Waals surface area contributed by atoms with Crippen molar-refractivity contribution in [2.75, 3.05) is 13.2 Å². The van der Waals surface area contributed by atoms with Crippen molar-refractivity contribution in [3.8, 4) is 0 Å². The molecule has 0 amide bonds. The van der Waals surface area contributed by atoms with Crippen molar-refractivity contribution < 1.29 is 28.6 Å². The second kappa shape index (κ2) is 35.7. The van der Waals surface area contributed by atoms with Crippen molar-refractivity contribution in [1.82, 2.24) is 0 Å². The van der Waals surface area contributed by atoms with Crippen LogP contribution in [0.5, 0.6) is 0 Å². The Balaban J connectivity index is 4.19. The van der Waals surface area contributed by atoms with Crippen LogP contribution in [0, 0.1) is 5.92 Å². The Morgan fingerprint density at radius 1 is 0.426 bits per heavy atom. The van der Waals surface area contributed by atoms with Crippen LogP contribution in [0.15, 0.2) is 0 Å². The summed E-state index contributed by atoms with van der Waals surface area (Å²) in [5, 5.41) is 0. The number of esters is 3. The van der Waals surface area contributed by atoms with Gasteiger partial charge >= 0.3 is 17.9 Å². The first-order valence-corrected chi connectivity index (χ1v) is 20.4. The van der Waals surface area contributed by atoms with E-state index in [1.165, 1.54) is 109 Å². The highest BCUT2D eigenvalue weighted by molar-refractivity contribution is 5.71. The van der Waals surface area contributed by atoms with Gasteiger partial charge in [0, 0.05) is 19.3 Å². The molecular formula is C41H78O6. The summed E-state index contributed by atoms with van der Waals surface area (Å²) in [6, 6.07) is 0. The molecule has 0 saturated carbocycles. The smallest absolute Gasteiger partial charge is 0.306 e. The summed E-state index contributed by atoms with van der Waals surface area (Å²) in [6.07, 6.45) is 32.5. The summed E-state index contributed by atoms with van der Waals surface area (Å²) in [5.74, 6) is -0.00745. The van der Waals surface area contributed by atoms with E-state index in [4.69, 9.17) is 14.2 Å². The van der Waals surface area contributed by atoms with Crippen molar-refractivity contribution in [2.24, 2.45) is 5.92 Å². The monoisotopic (exact) mass is 667 g/mol. The topological polar surface area (TPSA) is 78.9 Å². The SMILES string of the molecule is CCCCCCCCCCCCC(=O)OC[C@@H](COC(=O)CCCCCCCCCCCCC(C)CC)OC(=O)CCCCCCC. The highest BCUT2D eigenvalue weighted by Crippen LogP contribution is 2.16. The van der Waals surface area contributed by atoms with Crippen LogP contribution in [-0.2, 0) is 28.6 Å². The molecular weight excluding hydrogens is 588 g/mol. The predicted octanol–water partition coefficient (Wildman–Crippen LogP) is 12.4. The van der Waals surface area contributed by atoms with E-state index < -0.39 is 6.10 Å². The minimum Gasteiger partial charge on any atom is -0.462 e. The van der Waals surface area contributed by atoms with Gasteiger partial charge in [0.2, 0.25) is 0 Å². The number of hydrogen-bond donors (Lipinski definition) is 0. The zero-order valence-corrected chi connectivity index (χ0v) is 31.7. The summed E-state index contributed by atoms with van der Waals surface area (Å²) in [5.41, 5.74) is 0. The van der Waals surface area contributed by atoms with Crippen LogP contribution in [0.2, 0.25) is 0 Å². The van der Waals surface area contributed by atoms with Gasteiger partial charge < -0.3 is 14.2 Å². The molecule has 47 heavy (non-hydrogen) atoms. The van der Waals surface area contributed by atoms with E-state index in [0.29, 0.717) is 19.3 Å². The third kappa shape index (κ3) is 34.1. The van der Waals surface area contributed by atoms with E-state index in [-0.39, 0.29) is 31.1 Å². The summed E-state index contributed by atoms with van der Waals surface area (Å²) in [7, 11) is 0. The Morgan fingerprint density at radius 3 is 1.11 bits per heavy atom. The van der Waals surface area contributed by atoms with E-state index in [2.05, 4.69) is 27.7 Å². The first-order chi connectivity index (χ1) is 22.9. The summed E-state index contributed by atoms with van der Waals surface area (Å²) < 4.78 is 16.5. The molecule has 0 aromatic carbocycles. The quantitative estimate of drug-likeness (QED) is 0.0376. The molecule has 2 atom stereocenters. The van der Waals surface area contributed by atoms with Crippen LogP contribution in [0.4, 0.5) is 0 Å². The van der Waals surface area contributed by atoms with Gasteiger partial charge in [-0.2, -0.15) is 0 Å². The molecule has 6 nitrogen and oxygen atoms in total. The molecule has 0 radical (unpaired) electrons. The molecule has 278 valence electrons. The minimum absolute atomic E-state index is 0.0662. The zero-order valence-electron chi connectivity index (χ0n) is 31.7. The van der Waals surface area contributed by atoms with Crippen molar-refractivity contribution in [1.29, 1.82) is 0 Å². The molecule has 0 aliphatic heterocycles. The Kier molecular flexibility index (Phi) is 34.5. The van der Waals surface area contributed by atoms with Gasteiger partial charge in [0.05, 0.1) is 0 Å². The molecule has 0 aliphatic carbocycles. The fourth-order valence-electron chi connectivity index (χ4n) is 5.89. The summed E-state index contributed by atoms with van der Waals surface area (Å²) in [4.78, 5) is 37.2. The molecule has 1 unspecified atom stereocenters. The van der Waals surface area contributed by atoms with Gasteiger partial charge in [0.15, 0.2) is 6.10 Å². The second-order valence-corrected chi connectivity index (χ2v) is 14.2. The van der Waals surface area contributed by atoms with Crippen molar-refractivity contribution in [2.45, 2.75) is 226 Å². The third-order valence-corrected chi connectivity index (χ3v) is 9.40. The molecule has 0 aromatic rings. The van der Waals surface area contributed by atoms with Crippen LogP contribution >= 0.6 is 0 Å². The molecule has 0 N–H and O–H groups in total. The normalized spacial score (nSPS) is 12.5. The van der Waals surface area contributed by atoms with Crippen LogP contribution in [0.1, 0.15) is 220 Å². The van der Waals surface area contributed by atoms with Gasteiger partial charge in [-0.3, -0.25) is 14.4 Å². The lowest BCUT2D eigenvalue weighted by Crippen LogP contribution is -2.30. The Bertz CT molecular complexity index is 708. The highest BCUT2D eigenvalue weighted by atomic mass is 16.6. The molecule has 0 saturated heterocycles. The van der Waals surface area contributed by atoms with Crippen LogP contribution < -0.4 is 0 Å². The Labute approximate surface area is 291 Å². The molecule has 6 heteroatoms. The lowest BCUT2D eigenvalue weighted by atomic mass is 9.99. The molecule has 0 bridgehead atoms. The zero-order chi connectivity index (χ0) is 34.6. The number of rotatable bonds is 36. The molecule has 0 spiro atoms. The Morgan fingerprint density at radius 2 is 0.745 bits per heavy atom. The van der Waals surface area contributed by atoms with Crippen molar-refractivity contribution in [3.63, 3.8) is 0 Å². The van der Waals surface area contributed by atoms with Gasteiger partial charge in [-0.25, -0.2) is 0 Å². The largest absolute Gasteiger partial charge is 0.462 e. The molecule has 0 aromatic heterocycles. The lowest BCUT2D eigenvalue weighted by Gasteiger charge is -2.18. The van der Waals surface area contributed by atoms with Gasteiger partial charge in [-0.1, -0.05) is 182 Å². The standard InChI is InChI=1S/C41H78O6/c1-5-8-10-12-13-14-18-21-25-28-32-39(42)45-35-38(47-41(44)34-30-23-11-9-6-2)36-46-40(43)33-29-26-22-19-16-15-17-20-24-27-31-37(4)7-3/h37-38H,5-36H2,1-4H3/t37?,38-/m0/s1. The first-order valence-electron chi connectivity index (χ1n) is 20.4. The number of carbonyl (C=O) groups is 3. The highest BCUT2D eigenvalue weighted by Gasteiger charge is 2.19. The van der Waals surface area contributed by atoms with E-state index in [0.717, 1.165) is 70.1 Å². The number of carbonyl (C=O) groups excluding carboxylic acids is 3. The minimum atomic E-state index is -0.756. The summed E-state index contributed by atoms with van der Waals surface area (Å²) >= 11 is 0. The number of hydrogen-bond acceptors (Lipinski definition) is 6. The molecule has 0 aliphatic rings. The van der Waals surface area contributed by atoms with Gasteiger partial charge in [-0.05, 0) is 25.2 Å². The third-order valence-electron chi connectivity index (χ3n) is 9.40. The average Bonchev–Trinajstić information content (AvgIpc) is 3.06. The molecule has 0 fully saturated rings. The maximum absolute atomic E-state index is 12.5. The van der Waals surface area contributed by atoms with Gasteiger partial charge in [0.25, 0.3) is 0 Å². The fourth-order valence-corrected chi connectivity index (χ4v) is 5.89.